The van der Waals surface area contributed by atoms with Gasteiger partial charge >= 0.3 is 0 Å². The van der Waals surface area contributed by atoms with Crippen molar-refractivity contribution in [1.29, 1.82) is 0 Å². The summed E-state index contributed by atoms with van der Waals surface area (Å²) in [4.78, 5) is 0. The van der Waals surface area contributed by atoms with Crippen LogP contribution in [0, 0.1) is 46.3 Å². The van der Waals surface area contributed by atoms with E-state index < -0.39 is 0 Å². The molecule has 3 fully saturated rings. The second kappa shape index (κ2) is 7.85. The molecule has 1 heteroatoms. The quantitative estimate of drug-likeness (QED) is 0.474. The molecule has 8 atom stereocenters. The summed E-state index contributed by atoms with van der Waals surface area (Å²) in [5, 5.41) is 10.2. The van der Waals surface area contributed by atoms with Crippen molar-refractivity contribution in [3.63, 3.8) is 0 Å². The highest BCUT2D eigenvalue weighted by Gasteiger charge is 2.59. The molecule has 8 unspecified atom stereocenters. The van der Waals surface area contributed by atoms with Gasteiger partial charge in [0.15, 0.2) is 0 Å². The van der Waals surface area contributed by atoms with Gasteiger partial charge in [-0.15, -0.1) is 0 Å². The van der Waals surface area contributed by atoms with Crippen LogP contribution >= 0.6 is 0 Å². The Labute approximate surface area is 180 Å². The Bertz CT molecular complexity index is 659. The van der Waals surface area contributed by atoms with Crippen LogP contribution in [-0.4, -0.2) is 11.2 Å². The van der Waals surface area contributed by atoms with Crippen molar-refractivity contribution in [2.75, 3.05) is 0 Å². The van der Waals surface area contributed by atoms with E-state index in [1.807, 2.05) is 0 Å². The van der Waals surface area contributed by atoms with Gasteiger partial charge in [-0.1, -0.05) is 58.4 Å². The maximum atomic E-state index is 10.2. The molecule has 0 bridgehead atoms. The molecule has 0 radical (unpaired) electrons. The minimum absolute atomic E-state index is 0.0895. The first kappa shape index (κ1) is 21.7. The van der Waals surface area contributed by atoms with Crippen LogP contribution in [0.5, 0.6) is 0 Å². The second-order valence-electron chi connectivity index (χ2n) is 12.3. The Morgan fingerprint density at radius 2 is 1.86 bits per heavy atom. The van der Waals surface area contributed by atoms with E-state index >= 15 is 0 Å². The Hall–Kier alpha value is -0.560. The third-order valence-corrected chi connectivity index (χ3v) is 10.4. The van der Waals surface area contributed by atoms with E-state index in [1.54, 1.807) is 5.57 Å². The fourth-order valence-corrected chi connectivity index (χ4v) is 8.49. The lowest BCUT2D eigenvalue weighted by atomic mass is 9.47. The van der Waals surface area contributed by atoms with Crippen LogP contribution in [0.25, 0.3) is 0 Å². The number of hydrogen-bond acceptors (Lipinski definition) is 1. The Morgan fingerprint density at radius 1 is 1.10 bits per heavy atom. The molecule has 0 amide bonds. The van der Waals surface area contributed by atoms with Gasteiger partial charge in [-0.3, -0.25) is 0 Å². The molecule has 0 spiro atoms. The van der Waals surface area contributed by atoms with Crippen LogP contribution in [0.2, 0.25) is 0 Å². The molecule has 0 aromatic rings. The highest BCUT2D eigenvalue weighted by molar-refractivity contribution is 5.25. The number of aliphatic hydroxyl groups excluding tert-OH is 1. The molecule has 4 aliphatic carbocycles. The molecule has 164 valence electrons. The van der Waals surface area contributed by atoms with Crippen molar-refractivity contribution < 1.29 is 5.11 Å². The van der Waals surface area contributed by atoms with Crippen molar-refractivity contribution in [1.82, 2.24) is 0 Å². The number of aliphatic hydroxyl groups is 1. The van der Waals surface area contributed by atoms with E-state index in [2.05, 4.69) is 47.3 Å². The number of hydrogen-bond donors (Lipinski definition) is 1. The molecule has 3 saturated carbocycles. The lowest BCUT2D eigenvalue weighted by Crippen LogP contribution is -2.50. The fourth-order valence-electron chi connectivity index (χ4n) is 8.49. The molecule has 0 aromatic heterocycles. The van der Waals surface area contributed by atoms with Crippen molar-refractivity contribution in [3.05, 3.63) is 23.8 Å². The molecular formula is C28H46O. The summed E-state index contributed by atoms with van der Waals surface area (Å²) in [5.74, 6) is 4.91. The average molecular weight is 399 g/mol. The maximum absolute atomic E-state index is 10.2. The van der Waals surface area contributed by atoms with Gasteiger partial charge in [0, 0.05) is 0 Å². The first-order chi connectivity index (χ1) is 13.7. The molecule has 29 heavy (non-hydrogen) atoms. The third-order valence-electron chi connectivity index (χ3n) is 10.4. The predicted molar refractivity (Wildman–Crippen MR) is 124 cm³/mol. The summed E-state index contributed by atoms with van der Waals surface area (Å²) in [6.45, 7) is 16.9. The topological polar surface area (TPSA) is 20.2 Å². The van der Waals surface area contributed by atoms with Crippen LogP contribution < -0.4 is 0 Å². The van der Waals surface area contributed by atoms with Gasteiger partial charge in [0.2, 0.25) is 0 Å². The summed E-state index contributed by atoms with van der Waals surface area (Å²) in [5.41, 5.74) is 4.00. The van der Waals surface area contributed by atoms with Gasteiger partial charge in [0.25, 0.3) is 0 Å². The molecular weight excluding hydrogens is 352 g/mol. The first-order valence-electron chi connectivity index (χ1n) is 12.7. The monoisotopic (exact) mass is 398 g/mol. The zero-order chi connectivity index (χ0) is 21.0. The van der Waals surface area contributed by atoms with Crippen molar-refractivity contribution in [3.8, 4) is 0 Å². The summed E-state index contributed by atoms with van der Waals surface area (Å²) in [6.07, 6.45) is 15.1. The van der Waals surface area contributed by atoms with Crippen molar-refractivity contribution >= 4 is 0 Å². The van der Waals surface area contributed by atoms with Crippen LogP contribution in [-0.2, 0) is 0 Å². The summed E-state index contributed by atoms with van der Waals surface area (Å²) < 4.78 is 0. The SMILES string of the molecule is C=C(CCC(C)C)C(C)C1CCC2C3CC=C4CC(O)CCC4(C)C3CCC12C. The zero-order valence-electron chi connectivity index (χ0n) is 19.8. The van der Waals surface area contributed by atoms with Gasteiger partial charge in [0.1, 0.15) is 0 Å². The Morgan fingerprint density at radius 3 is 2.59 bits per heavy atom. The molecule has 4 rings (SSSR count). The number of allylic oxidation sites excluding steroid dienone is 2. The van der Waals surface area contributed by atoms with Gasteiger partial charge in [-0.25, -0.2) is 0 Å². The van der Waals surface area contributed by atoms with E-state index in [4.69, 9.17) is 0 Å². The summed E-state index contributed by atoms with van der Waals surface area (Å²) in [7, 11) is 0. The minimum atomic E-state index is -0.0895. The highest BCUT2D eigenvalue weighted by atomic mass is 16.3. The van der Waals surface area contributed by atoms with Crippen LogP contribution in [0.3, 0.4) is 0 Å². The van der Waals surface area contributed by atoms with Gasteiger partial charge in [0.05, 0.1) is 6.10 Å². The Balaban J connectivity index is 1.52. The molecule has 4 aliphatic rings. The van der Waals surface area contributed by atoms with Crippen molar-refractivity contribution in [2.24, 2.45) is 46.3 Å². The lowest BCUT2D eigenvalue weighted by molar-refractivity contribution is -0.0547. The summed E-state index contributed by atoms with van der Waals surface area (Å²) >= 11 is 0. The highest BCUT2D eigenvalue weighted by Crippen LogP contribution is 2.67. The zero-order valence-corrected chi connectivity index (χ0v) is 19.8. The molecule has 0 aromatic carbocycles. The molecule has 0 saturated heterocycles. The van der Waals surface area contributed by atoms with E-state index in [1.165, 1.54) is 56.9 Å². The fraction of sp³-hybridized carbons (Fsp3) is 0.857. The van der Waals surface area contributed by atoms with E-state index in [0.717, 1.165) is 42.4 Å². The van der Waals surface area contributed by atoms with Gasteiger partial charge < -0.3 is 5.11 Å². The first-order valence-corrected chi connectivity index (χ1v) is 12.7. The van der Waals surface area contributed by atoms with E-state index in [9.17, 15) is 5.11 Å². The minimum Gasteiger partial charge on any atom is -0.393 e. The van der Waals surface area contributed by atoms with Gasteiger partial charge in [-0.2, -0.15) is 0 Å². The lowest BCUT2D eigenvalue weighted by Gasteiger charge is -2.58. The van der Waals surface area contributed by atoms with Gasteiger partial charge in [-0.05, 0) is 111 Å². The average Bonchev–Trinajstić information content (AvgIpc) is 3.03. The number of fused-ring (bicyclic) bond motifs is 5. The normalized spacial score (nSPS) is 45.2. The largest absolute Gasteiger partial charge is 0.393 e. The van der Waals surface area contributed by atoms with E-state index in [-0.39, 0.29) is 6.10 Å². The van der Waals surface area contributed by atoms with Crippen LogP contribution in [0.4, 0.5) is 0 Å². The van der Waals surface area contributed by atoms with E-state index in [0.29, 0.717) is 16.7 Å². The molecule has 0 heterocycles. The standard InChI is InChI=1S/C28H46O/c1-18(2)7-8-19(3)20(4)24-11-12-25-23-10-9-21-17-22(29)13-15-27(21,5)26(23)14-16-28(24,25)6/h9,18,20,22-26,29H,3,7-8,10-17H2,1-2,4-6H3. The van der Waals surface area contributed by atoms with Crippen molar-refractivity contribution in [2.45, 2.75) is 105 Å². The summed E-state index contributed by atoms with van der Waals surface area (Å²) in [6, 6.07) is 0. The molecule has 1 nitrogen and oxygen atoms in total. The van der Waals surface area contributed by atoms with Crippen LogP contribution in [0.15, 0.2) is 23.8 Å². The Kier molecular flexibility index (Phi) is 5.86. The maximum Gasteiger partial charge on any atom is 0.0577 e. The predicted octanol–water partition coefficient (Wildman–Crippen LogP) is 7.55. The molecule has 1 N–H and O–H groups in total. The smallest absolute Gasteiger partial charge is 0.0577 e. The third kappa shape index (κ3) is 3.58. The van der Waals surface area contributed by atoms with Crippen LogP contribution in [0.1, 0.15) is 98.8 Å². The second-order valence-corrected chi connectivity index (χ2v) is 12.3. The molecule has 0 aliphatic heterocycles. The number of rotatable bonds is 5.